The molecule has 0 aromatic rings. The predicted octanol–water partition coefficient (Wildman–Crippen LogP) is 2.72. The van der Waals surface area contributed by atoms with Crippen LogP contribution < -0.4 is 0 Å². The molecule has 0 rings (SSSR count). The van der Waals surface area contributed by atoms with Crippen LogP contribution in [0, 0.1) is 6.58 Å². The molecule has 1 radical (unpaired) electrons. The second-order valence-electron chi connectivity index (χ2n) is 2.04. The topological polar surface area (TPSA) is 0 Å². The van der Waals surface area contributed by atoms with Crippen LogP contribution in [-0.4, -0.2) is 0 Å². The second kappa shape index (κ2) is 3.48. The van der Waals surface area contributed by atoms with Gasteiger partial charge in [-0.1, -0.05) is 32.1 Å². The average Bonchev–Trinajstić information content (AvgIpc) is 1.67. The predicted molar refractivity (Wildman–Crippen MR) is 37.5 cm³/mol. The monoisotopic (exact) mass is 109 g/mol. The van der Waals surface area contributed by atoms with Gasteiger partial charge in [-0.25, -0.2) is 0 Å². The molecule has 0 heterocycles. The van der Waals surface area contributed by atoms with E-state index < -0.39 is 0 Å². The molecule has 0 aliphatic carbocycles. The minimum atomic E-state index is 0.867. The summed E-state index contributed by atoms with van der Waals surface area (Å²) in [5.74, 6) is 0. The molecule has 0 amide bonds. The van der Waals surface area contributed by atoms with Crippen molar-refractivity contribution in [1.82, 2.24) is 0 Å². The Labute approximate surface area is 51.9 Å². The van der Waals surface area contributed by atoms with Crippen LogP contribution in [0.1, 0.15) is 26.7 Å². The quantitative estimate of drug-likeness (QED) is 0.489. The van der Waals surface area contributed by atoms with Crippen LogP contribution in [0.25, 0.3) is 0 Å². The molecular weight excluding hydrogens is 96.1 g/mol. The molecule has 0 nitrogen and oxygen atoms in total. The van der Waals surface area contributed by atoms with Gasteiger partial charge in [0.05, 0.1) is 0 Å². The maximum atomic E-state index is 5.44. The van der Waals surface area contributed by atoms with E-state index in [1.165, 1.54) is 0 Å². The normalized spacial score (nSPS) is 8.75. The Balaban J connectivity index is 3.49. The Hall–Kier alpha value is -0.520. The van der Waals surface area contributed by atoms with Crippen LogP contribution >= 0.6 is 0 Å². The molecule has 0 fully saturated rings. The average molecular weight is 109 g/mol. The molecular formula is C8H13. The van der Waals surface area contributed by atoms with Gasteiger partial charge in [-0.2, -0.15) is 0 Å². The van der Waals surface area contributed by atoms with Crippen LogP contribution in [0.3, 0.4) is 0 Å². The molecule has 0 N–H and O–H groups in total. The molecule has 0 aromatic heterocycles. The van der Waals surface area contributed by atoms with Gasteiger partial charge in [0.1, 0.15) is 0 Å². The van der Waals surface area contributed by atoms with Crippen LogP contribution in [-0.2, 0) is 0 Å². The molecule has 0 bridgehead atoms. The largest absolute Gasteiger partial charge is 0.0956 e. The van der Waals surface area contributed by atoms with Gasteiger partial charge in [0.2, 0.25) is 0 Å². The van der Waals surface area contributed by atoms with E-state index in [9.17, 15) is 0 Å². The number of rotatable bonds is 3. The third-order valence-electron chi connectivity index (χ3n) is 1.11. The van der Waals surface area contributed by atoms with Gasteiger partial charge in [0.15, 0.2) is 0 Å². The van der Waals surface area contributed by atoms with Crippen molar-refractivity contribution in [3.63, 3.8) is 0 Å². The van der Waals surface area contributed by atoms with E-state index in [1.54, 1.807) is 0 Å². The smallest absolute Gasteiger partial charge is 0.0285 e. The van der Waals surface area contributed by atoms with E-state index >= 15 is 0 Å². The Kier molecular flexibility index (Phi) is 3.25. The highest BCUT2D eigenvalue weighted by Crippen LogP contribution is 2.09. The minimum absolute atomic E-state index is 0.867. The first-order valence-electron chi connectivity index (χ1n) is 2.95. The van der Waals surface area contributed by atoms with Gasteiger partial charge < -0.3 is 0 Å². The van der Waals surface area contributed by atoms with Gasteiger partial charge in [-0.05, 0) is 18.9 Å². The highest BCUT2D eigenvalue weighted by molar-refractivity contribution is 5.20. The lowest BCUT2D eigenvalue weighted by Gasteiger charge is -1.98. The van der Waals surface area contributed by atoms with E-state index in [1.807, 2.05) is 6.92 Å². The summed E-state index contributed by atoms with van der Waals surface area (Å²) in [6.07, 6.45) is 2.16. The molecule has 0 spiro atoms. The number of allylic oxidation sites excluding steroid dienone is 2. The van der Waals surface area contributed by atoms with Crippen molar-refractivity contribution in [2.24, 2.45) is 0 Å². The summed E-state index contributed by atoms with van der Waals surface area (Å²) in [6.45, 7) is 13.2. The fourth-order valence-corrected chi connectivity index (χ4v) is 0.499. The molecule has 0 saturated heterocycles. The van der Waals surface area contributed by atoms with Gasteiger partial charge in [0.25, 0.3) is 0 Å². The Morgan fingerprint density at radius 3 is 2.25 bits per heavy atom. The van der Waals surface area contributed by atoms with Crippen LogP contribution in [0.15, 0.2) is 17.7 Å². The van der Waals surface area contributed by atoms with E-state index in [4.69, 9.17) is 6.58 Å². The van der Waals surface area contributed by atoms with Crippen molar-refractivity contribution in [2.45, 2.75) is 26.7 Å². The Morgan fingerprint density at radius 1 is 1.62 bits per heavy atom. The molecule has 0 unspecified atom stereocenters. The molecule has 45 valence electrons. The molecule has 0 aliphatic heterocycles. The molecule has 0 atom stereocenters. The number of hydrogen-bond acceptors (Lipinski definition) is 0. The Bertz CT molecular complexity index is 98.6. The summed E-state index contributed by atoms with van der Waals surface area (Å²) in [7, 11) is 0. The summed E-state index contributed by atoms with van der Waals surface area (Å²) in [5.41, 5.74) is 1.94. The summed E-state index contributed by atoms with van der Waals surface area (Å²) < 4.78 is 0. The van der Waals surface area contributed by atoms with Crippen LogP contribution in [0.2, 0.25) is 0 Å². The fraction of sp³-hybridized carbons (Fsp3) is 0.500. The molecule has 0 heteroatoms. The summed E-state index contributed by atoms with van der Waals surface area (Å²) in [4.78, 5) is 0. The van der Waals surface area contributed by atoms with Crippen LogP contribution in [0.5, 0.6) is 0 Å². The lowest BCUT2D eigenvalue weighted by Crippen LogP contribution is -1.79. The van der Waals surface area contributed by atoms with Gasteiger partial charge >= 0.3 is 0 Å². The van der Waals surface area contributed by atoms with Crippen molar-refractivity contribution >= 4 is 0 Å². The zero-order valence-corrected chi connectivity index (χ0v) is 5.70. The molecule has 0 aliphatic rings. The first-order valence-corrected chi connectivity index (χ1v) is 2.95. The van der Waals surface area contributed by atoms with Crippen molar-refractivity contribution in [1.29, 1.82) is 0 Å². The van der Waals surface area contributed by atoms with Gasteiger partial charge in [-0.15, -0.1) is 0 Å². The summed E-state index contributed by atoms with van der Waals surface area (Å²) in [6, 6.07) is 0. The maximum Gasteiger partial charge on any atom is -0.0285 e. The van der Waals surface area contributed by atoms with Crippen molar-refractivity contribution in [2.75, 3.05) is 0 Å². The van der Waals surface area contributed by atoms with Gasteiger partial charge in [-0.3, -0.25) is 0 Å². The lowest BCUT2D eigenvalue weighted by molar-refractivity contribution is 0.916. The van der Waals surface area contributed by atoms with Crippen molar-refractivity contribution < 1.29 is 0 Å². The molecule has 8 heavy (non-hydrogen) atoms. The first-order chi connectivity index (χ1) is 3.68. The maximum absolute atomic E-state index is 5.44. The van der Waals surface area contributed by atoms with E-state index in [-0.39, 0.29) is 0 Å². The molecule has 0 saturated carbocycles. The minimum Gasteiger partial charge on any atom is -0.0956 e. The van der Waals surface area contributed by atoms with Crippen LogP contribution in [0.4, 0.5) is 0 Å². The SMILES string of the molecule is [CH]=C(C)C(=C)CCC. The van der Waals surface area contributed by atoms with E-state index in [0.29, 0.717) is 0 Å². The second-order valence-corrected chi connectivity index (χ2v) is 2.04. The fourth-order valence-electron chi connectivity index (χ4n) is 0.499. The van der Waals surface area contributed by atoms with E-state index in [2.05, 4.69) is 13.5 Å². The third-order valence-corrected chi connectivity index (χ3v) is 1.11. The highest BCUT2D eigenvalue weighted by Gasteiger charge is 1.89. The first kappa shape index (κ1) is 7.48. The third kappa shape index (κ3) is 2.62. The lowest BCUT2D eigenvalue weighted by atomic mass is 10.1. The highest BCUT2D eigenvalue weighted by atomic mass is 13.9. The van der Waals surface area contributed by atoms with Gasteiger partial charge in [0, 0.05) is 0 Å². The standard InChI is InChI=1S/C8H13/c1-5-6-8(4)7(2)3/h2H,4-6H2,1,3H3. The zero-order valence-electron chi connectivity index (χ0n) is 5.70. The summed E-state index contributed by atoms with van der Waals surface area (Å²) in [5, 5.41) is 0. The zero-order chi connectivity index (χ0) is 6.57. The van der Waals surface area contributed by atoms with Crippen molar-refractivity contribution in [3.05, 3.63) is 24.3 Å². The van der Waals surface area contributed by atoms with E-state index in [0.717, 1.165) is 24.0 Å². The Morgan fingerprint density at radius 2 is 2.12 bits per heavy atom. The summed E-state index contributed by atoms with van der Waals surface area (Å²) >= 11 is 0. The number of hydrogen-bond donors (Lipinski definition) is 0. The van der Waals surface area contributed by atoms with Crippen molar-refractivity contribution in [3.8, 4) is 0 Å². The molecule has 0 aromatic carbocycles.